The van der Waals surface area contributed by atoms with Crippen molar-refractivity contribution in [2.45, 2.75) is 18.2 Å². The Morgan fingerprint density at radius 3 is 2.40 bits per heavy atom. The molecule has 1 amide bonds. The van der Waals surface area contributed by atoms with E-state index in [1.54, 1.807) is 0 Å². The minimum atomic E-state index is -3.75. The second kappa shape index (κ2) is 9.14. The van der Waals surface area contributed by atoms with Crippen molar-refractivity contribution in [2.24, 2.45) is 0 Å². The van der Waals surface area contributed by atoms with Crippen LogP contribution in [0.4, 0.5) is 5.69 Å². The highest BCUT2D eigenvalue weighted by atomic mass is 35.5. The lowest BCUT2D eigenvalue weighted by atomic mass is 10.3. The molecule has 0 saturated heterocycles. The van der Waals surface area contributed by atoms with Crippen LogP contribution in [0.1, 0.15) is 13.3 Å². The van der Waals surface area contributed by atoms with E-state index in [-0.39, 0.29) is 28.7 Å². The lowest BCUT2D eigenvalue weighted by Crippen LogP contribution is -2.37. The van der Waals surface area contributed by atoms with Gasteiger partial charge in [0, 0.05) is 19.8 Å². The summed E-state index contributed by atoms with van der Waals surface area (Å²) in [6.45, 7) is 1.98. The largest absolute Gasteiger partial charge is 0.480 e. The molecule has 0 aliphatic heterocycles. The number of carboxylic acids is 1. The number of nitrogens with zero attached hydrogens (tertiary/aromatic N) is 2. The van der Waals surface area contributed by atoms with Crippen LogP contribution in [0.25, 0.3) is 0 Å². The first kappa shape index (κ1) is 21.4. The molecule has 0 saturated carbocycles. The number of sulfonamides is 1. The Balaban J connectivity index is 2.93. The molecule has 1 rings (SSSR count). The molecular formula is C15H22ClN3O5S. The molecule has 0 aromatic heterocycles. The number of halogens is 1. The third kappa shape index (κ3) is 6.28. The van der Waals surface area contributed by atoms with Crippen LogP contribution in [-0.2, 0) is 19.6 Å². The van der Waals surface area contributed by atoms with Crippen LogP contribution in [0.3, 0.4) is 0 Å². The summed E-state index contributed by atoms with van der Waals surface area (Å²) in [5.41, 5.74) is 0.265. The summed E-state index contributed by atoms with van der Waals surface area (Å²) in [6, 6.07) is 4.14. The molecule has 0 aliphatic carbocycles. The molecule has 1 aromatic carbocycles. The minimum Gasteiger partial charge on any atom is -0.480 e. The molecule has 0 aliphatic rings. The summed E-state index contributed by atoms with van der Waals surface area (Å²) in [6.07, 6.45) is 0.701. The van der Waals surface area contributed by atoms with E-state index < -0.39 is 21.9 Å². The summed E-state index contributed by atoms with van der Waals surface area (Å²) < 4.78 is 25.5. The van der Waals surface area contributed by atoms with E-state index in [0.29, 0.717) is 13.0 Å². The number of carboxylic acid groups (broad SMARTS) is 1. The summed E-state index contributed by atoms with van der Waals surface area (Å²) >= 11 is 5.95. The van der Waals surface area contributed by atoms with E-state index in [9.17, 15) is 18.0 Å². The number of carbonyl (C=O) groups is 2. The maximum absolute atomic E-state index is 12.2. The van der Waals surface area contributed by atoms with Crippen molar-refractivity contribution in [3.8, 4) is 0 Å². The molecule has 2 N–H and O–H groups in total. The van der Waals surface area contributed by atoms with Gasteiger partial charge in [0.2, 0.25) is 15.9 Å². The van der Waals surface area contributed by atoms with Crippen LogP contribution in [0.5, 0.6) is 0 Å². The topological polar surface area (TPSA) is 107 Å². The van der Waals surface area contributed by atoms with Gasteiger partial charge >= 0.3 is 5.97 Å². The van der Waals surface area contributed by atoms with Gasteiger partial charge in [0.05, 0.1) is 18.1 Å². The first-order chi connectivity index (χ1) is 11.6. The quantitative estimate of drug-likeness (QED) is 0.657. The van der Waals surface area contributed by atoms with Crippen molar-refractivity contribution in [3.63, 3.8) is 0 Å². The van der Waals surface area contributed by atoms with Crippen molar-refractivity contribution in [2.75, 3.05) is 39.0 Å². The highest BCUT2D eigenvalue weighted by Gasteiger charge is 2.22. The van der Waals surface area contributed by atoms with E-state index in [2.05, 4.69) is 5.32 Å². The molecule has 0 radical (unpaired) electrons. The Bertz CT molecular complexity index is 737. The molecule has 8 nitrogen and oxygen atoms in total. The van der Waals surface area contributed by atoms with E-state index in [1.807, 2.05) is 6.92 Å². The fourth-order valence-electron chi connectivity index (χ4n) is 2.10. The minimum absolute atomic E-state index is 0.0465. The van der Waals surface area contributed by atoms with E-state index >= 15 is 0 Å². The van der Waals surface area contributed by atoms with Crippen LogP contribution in [0.15, 0.2) is 23.1 Å². The van der Waals surface area contributed by atoms with Crippen molar-refractivity contribution < 1.29 is 23.1 Å². The van der Waals surface area contributed by atoms with Crippen LogP contribution < -0.4 is 5.32 Å². The van der Waals surface area contributed by atoms with E-state index in [1.165, 1.54) is 37.2 Å². The van der Waals surface area contributed by atoms with E-state index in [0.717, 1.165) is 4.31 Å². The summed E-state index contributed by atoms with van der Waals surface area (Å²) in [5, 5.41) is 11.5. The summed E-state index contributed by atoms with van der Waals surface area (Å²) in [4.78, 5) is 24.3. The van der Waals surface area contributed by atoms with Crippen molar-refractivity contribution in [3.05, 3.63) is 23.2 Å². The van der Waals surface area contributed by atoms with Gasteiger partial charge in [-0.15, -0.1) is 0 Å². The van der Waals surface area contributed by atoms with Crippen LogP contribution in [0.2, 0.25) is 5.02 Å². The van der Waals surface area contributed by atoms with Gasteiger partial charge in [0.1, 0.15) is 4.90 Å². The predicted molar refractivity (Wildman–Crippen MR) is 95.3 cm³/mol. The first-order valence-corrected chi connectivity index (χ1v) is 9.35. The van der Waals surface area contributed by atoms with Crippen LogP contribution >= 0.6 is 11.6 Å². The van der Waals surface area contributed by atoms with Gasteiger partial charge in [-0.05, 0) is 31.2 Å². The standard InChI is InChI=1S/C15H22ClN3O5S/c1-4-7-19(10-15(21)22)9-14(20)17-11-5-6-12(16)13(8-11)25(23,24)18(2)3/h5-6,8H,4,7,9-10H2,1-3H3,(H,17,20)(H,21,22). The summed E-state index contributed by atoms with van der Waals surface area (Å²) in [7, 11) is -0.991. The Hall–Kier alpha value is -1.68. The van der Waals surface area contributed by atoms with Crippen LogP contribution in [0, 0.1) is 0 Å². The third-order valence-corrected chi connectivity index (χ3v) is 5.54. The normalized spacial score (nSPS) is 11.8. The van der Waals surface area contributed by atoms with Gasteiger partial charge in [-0.3, -0.25) is 14.5 Å². The summed E-state index contributed by atoms with van der Waals surface area (Å²) in [5.74, 6) is -1.46. The highest BCUT2D eigenvalue weighted by molar-refractivity contribution is 7.89. The Kier molecular flexibility index (Phi) is 7.81. The number of amides is 1. The average Bonchev–Trinajstić information content (AvgIpc) is 2.48. The molecule has 0 heterocycles. The molecule has 0 fully saturated rings. The smallest absolute Gasteiger partial charge is 0.317 e. The number of hydrogen-bond donors (Lipinski definition) is 2. The van der Waals surface area contributed by atoms with Crippen molar-refractivity contribution in [1.29, 1.82) is 0 Å². The fourth-order valence-corrected chi connectivity index (χ4v) is 3.49. The predicted octanol–water partition coefficient (Wildman–Crippen LogP) is 1.33. The number of rotatable bonds is 9. The SMILES string of the molecule is CCCN(CC(=O)O)CC(=O)Nc1ccc(Cl)c(S(=O)(=O)N(C)C)c1. The molecule has 0 bridgehead atoms. The number of nitrogens with one attached hydrogen (secondary N) is 1. The zero-order valence-electron chi connectivity index (χ0n) is 14.3. The second-order valence-electron chi connectivity index (χ2n) is 5.59. The number of hydrogen-bond acceptors (Lipinski definition) is 5. The van der Waals surface area contributed by atoms with Crippen LogP contribution in [-0.4, -0.2) is 68.3 Å². The zero-order chi connectivity index (χ0) is 19.2. The third-order valence-electron chi connectivity index (χ3n) is 3.24. The lowest BCUT2D eigenvalue weighted by molar-refractivity contribution is -0.138. The van der Waals surface area contributed by atoms with Crippen molar-refractivity contribution >= 4 is 39.2 Å². The maximum atomic E-state index is 12.2. The number of carbonyl (C=O) groups excluding carboxylic acids is 1. The molecule has 0 unspecified atom stereocenters. The number of aliphatic carboxylic acids is 1. The van der Waals surface area contributed by atoms with Gasteiger partial charge in [0.25, 0.3) is 0 Å². The van der Waals surface area contributed by atoms with Gasteiger partial charge < -0.3 is 10.4 Å². The Morgan fingerprint density at radius 1 is 1.24 bits per heavy atom. The molecule has 1 aromatic rings. The van der Waals surface area contributed by atoms with Gasteiger partial charge in [-0.1, -0.05) is 18.5 Å². The molecule has 0 spiro atoms. The van der Waals surface area contributed by atoms with Gasteiger partial charge in [-0.2, -0.15) is 0 Å². The molecule has 140 valence electrons. The first-order valence-electron chi connectivity index (χ1n) is 7.54. The maximum Gasteiger partial charge on any atom is 0.317 e. The zero-order valence-corrected chi connectivity index (χ0v) is 15.9. The molecule has 25 heavy (non-hydrogen) atoms. The Labute approximate surface area is 152 Å². The number of benzene rings is 1. The average molecular weight is 392 g/mol. The number of anilines is 1. The van der Waals surface area contributed by atoms with Gasteiger partial charge in [0.15, 0.2) is 0 Å². The molecular weight excluding hydrogens is 370 g/mol. The Morgan fingerprint density at radius 2 is 1.88 bits per heavy atom. The molecule has 10 heteroatoms. The van der Waals surface area contributed by atoms with Crippen molar-refractivity contribution in [1.82, 2.24) is 9.21 Å². The molecule has 0 atom stereocenters. The van der Waals surface area contributed by atoms with E-state index in [4.69, 9.17) is 16.7 Å². The van der Waals surface area contributed by atoms with Gasteiger partial charge in [-0.25, -0.2) is 12.7 Å². The highest BCUT2D eigenvalue weighted by Crippen LogP contribution is 2.26. The monoisotopic (exact) mass is 391 g/mol. The second-order valence-corrected chi connectivity index (χ2v) is 8.11. The fraction of sp³-hybridized carbons (Fsp3) is 0.467. The lowest BCUT2D eigenvalue weighted by Gasteiger charge is -2.19.